The average Bonchev–Trinajstić information content (AvgIpc) is 2.90. The van der Waals surface area contributed by atoms with Crippen molar-refractivity contribution in [3.05, 3.63) is 53.6 Å². The second kappa shape index (κ2) is 3.59. The Kier molecular flexibility index (Phi) is 2.10. The number of carbonyl (C=O) groups is 1. The Bertz CT molecular complexity index is 529. The Hall–Kier alpha value is -1.90. The first kappa shape index (κ1) is 9.33. The lowest BCUT2D eigenvalue weighted by molar-refractivity contribution is 0.0994. The number of Topliss-reactive ketones (excluding diaryl/α,β-unsaturated/α-hetero) is 1. The Morgan fingerprint density at radius 1 is 1.31 bits per heavy atom. The van der Waals surface area contributed by atoms with E-state index < -0.39 is 0 Å². The third-order valence-electron chi connectivity index (χ3n) is 3.02. The summed E-state index contributed by atoms with van der Waals surface area (Å²) in [7, 11) is 0. The van der Waals surface area contributed by atoms with Gasteiger partial charge in [-0.15, -0.1) is 0 Å². The molecule has 0 N–H and O–H groups in total. The maximum atomic E-state index is 11.5. The van der Waals surface area contributed by atoms with E-state index in [1.165, 1.54) is 11.1 Å². The number of benzene rings is 1. The molecule has 0 spiro atoms. The number of imidazole rings is 1. The van der Waals surface area contributed by atoms with E-state index in [0.29, 0.717) is 6.42 Å². The molecular formula is C13H12N2O. The molecule has 0 radical (unpaired) electrons. The van der Waals surface area contributed by atoms with Gasteiger partial charge in [0.05, 0.1) is 6.33 Å². The smallest absolute Gasteiger partial charge is 0.163 e. The summed E-state index contributed by atoms with van der Waals surface area (Å²) in [6.45, 7) is 0.821. The largest absolute Gasteiger partial charge is 0.333 e. The van der Waals surface area contributed by atoms with Crippen LogP contribution in [0.4, 0.5) is 0 Å². The van der Waals surface area contributed by atoms with Crippen LogP contribution in [0.3, 0.4) is 0 Å². The van der Waals surface area contributed by atoms with E-state index in [2.05, 4.69) is 11.1 Å². The molecule has 3 rings (SSSR count). The molecule has 1 heterocycles. The number of ketones is 1. The SMILES string of the molecule is O=C1CCc2cc(Cn3ccnc3)ccc21. The van der Waals surface area contributed by atoms with E-state index in [4.69, 9.17) is 0 Å². The molecule has 3 nitrogen and oxygen atoms in total. The van der Waals surface area contributed by atoms with E-state index in [-0.39, 0.29) is 5.78 Å². The first-order valence-corrected chi connectivity index (χ1v) is 5.44. The van der Waals surface area contributed by atoms with Crippen molar-refractivity contribution in [1.82, 2.24) is 9.55 Å². The molecule has 1 aliphatic carbocycles. The van der Waals surface area contributed by atoms with Crippen LogP contribution in [-0.4, -0.2) is 15.3 Å². The molecule has 1 aromatic carbocycles. The highest BCUT2D eigenvalue weighted by atomic mass is 16.1. The van der Waals surface area contributed by atoms with E-state index in [0.717, 1.165) is 18.5 Å². The summed E-state index contributed by atoms with van der Waals surface area (Å²) < 4.78 is 2.03. The summed E-state index contributed by atoms with van der Waals surface area (Å²) in [4.78, 5) is 15.5. The first-order valence-electron chi connectivity index (χ1n) is 5.44. The highest BCUT2D eigenvalue weighted by Crippen LogP contribution is 2.23. The number of aryl methyl sites for hydroxylation is 1. The fourth-order valence-corrected chi connectivity index (χ4v) is 2.20. The molecule has 0 aliphatic heterocycles. The summed E-state index contributed by atoms with van der Waals surface area (Å²) in [5.74, 6) is 0.282. The lowest BCUT2D eigenvalue weighted by Crippen LogP contribution is -1.98. The molecule has 0 amide bonds. The van der Waals surface area contributed by atoms with Crippen LogP contribution in [0.25, 0.3) is 0 Å². The van der Waals surface area contributed by atoms with Gasteiger partial charge >= 0.3 is 0 Å². The minimum absolute atomic E-state index is 0.282. The summed E-state index contributed by atoms with van der Waals surface area (Å²) in [6.07, 6.45) is 7.09. The second-order valence-corrected chi connectivity index (χ2v) is 4.15. The number of hydrogen-bond donors (Lipinski definition) is 0. The van der Waals surface area contributed by atoms with Gasteiger partial charge in [-0.2, -0.15) is 0 Å². The van der Waals surface area contributed by atoms with Crippen LogP contribution < -0.4 is 0 Å². The molecule has 0 saturated heterocycles. The predicted molar refractivity (Wildman–Crippen MR) is 60.4 cm³/mol. The maximum Gasteiger partial charge on any atom is 0.163 e. The van der Waals surface area contributed by atoms with Gasteiger partial charge < -0.3 is 4.57 Å². The van der Waals surface area contributed by atoms with Gasteiger partial charge in [-0.25, -0.2) is 4.98 Å². The van der Waals surface area contributed by atoms with Gasteiger partial charge in [-0.05, 0) is 17.5 Å². The standard InChI is InChI=1S/C13H12N2O/c16-13-4-2-11-7-10(1-3-12(11)13)8-15-6-5-14-9-15/h1,3,5-7,9H,2,4,8H2. The Morgan fingerprint density at radius 3 is 3.06 bits per heavy atom. The van der Waals surface area contributed by atoms with Crippen LogP contribution in [0.15, 0.2) is 36.9 Å². The van der Waals surface area contributed by atoms with Gasteiger partial charge in [0.2, 0.25) is 0 Å². The highest BCUT2D eigenvalue weighted by molar-refractivity contribution is 6.00. The third kappa shape index (κ3) is 1.54. The Balaban J connectivity index is 1.90. The number of hydrogen-bond acceptors (Lipinski definition) is 2. The number of rotatable bonds is 2. The van der Waals surface area contributed by atoms with Gasteiger partial charge in [0.15, 0.2) is 5.78 Å². The molecule has 0 unspecified atom stereocenters. The van der Waals surface area contributed by atoms with Gasteiger partial charge in [0.1, 0.15) is 0 Å². The van der Waals surface area contributed by atoms with Crippen molar-refractivity contribution in [2.75, 3.05) is 0 Å². The number of nitrogens with zero attached hydrogens (tertiary/aromatic N) is 2. The monoisotopic (exact) mass is 212 g/mol. The molecule has 1 aromatic heterocycles. The summed E-state index contributed by atoms with van der Waals surface area (Å²) in [5, 5.41) is 0. The average molecular weight is 212 g/mol. The molecule has 2 aromatic rings. The van der Waals surface area contributed by atoms with Gasteiger partial charge in [0.25, 0.3) is 0 Å². The summed E-state index contributed by atoms with van der Waals surface area (Å²) >= 11 is 0. The summed E-state index contributed by atoms with van der Waals surface area (Å²) in [5.41, 5.74) is 3.34. The molecule has 0 saturated carbocycles. The minimum atomic E-state index is 0.282. The van der Waals surface area contributed by atoms with Crippen molar-refractivity contribution >= 4 is 5.78 Å². The van der Waals surface area contributed by atoms with Gasteiger partial charge in [0, 0.05) is 30.9 Å². The normalized spacial score (nSPS) is 14.1. The molecule has 0 fully saturated rings. The Morgan fingerprint density at radius 2 is 2.25 bits per heavy atom. The number of aromatic nitrogens is 2. The zero-order valence-corrected chi connectivity index (χ0v) is 8.89. The minimum Gasteiger partial charge on any atom is -0.333 e. The third-order valence-corrected chi connectivity index (χ3v) is 3.02. The zero-order chi connectivity index (χ0) is 11.0. The van der Waals surface area contributed by atoms with E-state index in [1.807, 2.05) is 22.9 Å². The lowest BCUT2D eigenvalue weighted by Gasteiger charge is -2.04. The van der Waals surface area contributed by atoms with Crippen LogP contribution in [0.5, 0.6) is 0 Å². The van der Waals surface area contributed by atoms with Crippen molar-refractivity contribution in [2.45, 2.75) is 19.4 Å². The molecule has 1 aliphatic rings. The molecule has 80 valence electrons. The van der Waals surface area contributed by atoms with Crippen molar-refractivity contribution < 1.29 is 4.79 Å². The van der Waals surface area contributed by atoms with E-state index in [1.54, 1.807) is 12.5 Å². The van der Waals surface area contributed by atoms with Crippen molar-refractivity contribution in [2.24, 2.45) is 0 Å². The first-order chi connectivity index (χ1) is 7.83. The second-order valence-electron chi connectivity index (χ2n) is 4.15. The number of fused-ring (bicyclic) bond motifs is 1. The quantitative estimate of drug-likeness (QED) is 0.763. The van der Waals surface area contributed by atoms with Crippen LogP contribution in [0.2, 0.25) is 0 Å². The van der Waals surface area contributed by atoms with Crippen molar-refractivity contribution in [1.29, 1.82) is 0 Å². The maximum absolute atomic E-state index is 11.5. The predicted octanol–water partition coefficient (Wildman–Crippen LogP) is 2.06. The lowest BCUT2D eigenvalue weighted by atomic mass is 10.1. The fourth-order valence-electron chi connectivity index (χ4n) is 2.20. The van der Waals surface area contributed by atoms with E-state index in [9.17, 15) is 4.79 Å². The summed E-state index contributed by atoms with van der Waals surface area (Å²) in [6, 6.07) is 6.12. The Labute approximate surface area is 93.7 Å². The molecule has 3 heteroatoms. The topological polar surface area (TPSA) is 34.9 Å². The molecule has 16 heavy (non-hydrogen) atoms. The van der Waals surface area contributed by atoms with Crippen molar-refractivity contribution in [3.8, 4) is 0 Å². The fraction of sp³-hybridized carbons (Fsp3) is 0.231. The zero-order valence-electron chi connectivity index (χ0n) is 8.89. The molecule has 0 bridgehead atoms. The van der Waals surface area contributed by atoms with Crippen LogP contribution in [-0.2, 0) is 13.0 Å². The van der Waals surface area contributed by atoms with Gasteiger partial charge in [-0.1, -0.05) is 18.2 Å². The molecular weight excluding hydrogens is 200 g/mol. The van der Waals surface area contributed by atoms with Crippen molar-refractivity contribution in [3.63, 3.8) is 0 Å². The van der Waals surface area contributed by atoms with Crippen LogP contribution in [0, 0.1) is 0 Å². The van der Waals surface area contributed by atoms with Crippen LogP contribution >= 0.6 is 0 Å². The van der Waals surface area contributed by atoms with Gasteiger partial charge in [-0.3, -0.25) is 4.79 Å². The number of carbonyl (C=O) groups excluding carboxylic acids is 1. The van der Waals surface area contributed by atoms with E-state index >= 15 is 0 Å². The molecule has 0 atom stereocenters. The highest BCUT2D eigenvalue weighted by Gasteiger charge is 2.18. The van der Waals surface area contributed by atoms with Crippen LogP contribution in [0.1, 0.15) is 27.9 Å².